The topological polar surface area (TPSA) is 56.8 Å². The van der Waals surface area contributed by atoms with Crippen LogP contribution >= 0.6 is 0 Å². The number of carbonyl (C=O) groups excluding carboxylic acids is 1. The van der Waals surface area contributed by atoms with Crippen LogP contribution in [0.25, 0.3) is 0 Å². The SMILES string of the molecule is O=C(N[C@@H]1CCO[C@H](c2ccccc2)C1)C1(c2ccc3c(c2)OC(F)(F)O3)CC1. The van der Waals surface area contributed by atoms with Crippen molar-refractivity contribution < 1.29 is 27.8 Å². The maximum atomic E-state index is 13.3. The summed E-state index contributed by atoms with van der Waals surface area (Å²) in [6.07, 6.45) is -0.884. The van der Waals surface area contributed by atoms with E-state index in [0.717, 1.165) is 12.0 Å². The van der Waals surface area contributed by atoms with Gasteiger partial charge in [-0.2, -0.15) is 0 Å². The number of fused-ring (bicyclic) bond motifs is 1. The first-order valence-corrected chi connectivity index (χ1v) is 9.83. The van der Waals surface area contributed by atoms with Crippen LogP contribution in [-0.2, 0) is 14.9 Å². The Bertz CT molecular complexity index is 930. The van der Waals surface area contributed by atoms with E-state index in [0.29, 0.717) is 31.4 Å². The van der Waals surface area contributed by atoms with Gasteiger partial charge in [-0.15, -0.1) is 8.78 Å². The van der Waals surface area contributed by atoms with E-state index in [-0.39, 0.29) is 29.6 Å². The van der Waals surface area contributed by atoms with Crippen LogP contribution < -0.4 is 14.8 Å². The highest BCUT2D eigenvalue weighted by Gasteiger charge is 2.53. The van der Waals surface area contributed by atoms with Crippen LogP contribution in [0.5, 0.6) is 11.5 Å². The van der Waals surface area contributed by atoms with Crippen molar-refractivity contribution in [2.24, 2.45) is 0 Å². The van der Waals surface area contributed by atoms with Gasteiger partial charge in [0.1, 0.15) is 0 Å². The molecular weight excluding hydrogens is 380 g/mol. The van der Waals surface area contributed by atoms with E-state index in [1.165, 1.54) is 12.1 Å². The van der Waals surface area contributed by atoms with E-state index in [4.69, 9.17) is 4.74 Å². The summed E-state index contributed by atoms with van der Waals surface area (Å²) in [6, 6.07) is 14.6. The van der Waals surface area contributed by atoms with Crippen molar-refractivity contribution in [3.8, 4) is 11.5 Å². The number of ether oxygens (including phenoxy) is 3. The lowest BCUT2D eigenvalue weighted by atomic mass is 9.92. The lowest BCUT2D eigenvalue weighted by Gasteiger charge is -2.31. The Hall–Kier alpha value is -2.67. The van der Waals surface area contributed by atoms with Crippen LogP contribution in [0.2, 0.25) is 0 Å². The Balaban J connectivity index is 1.29. The zero-order valence-electron chi connectivity index (χ0n) is 15.7. The number of hydrogen-bond acceptors (Lipinski definition) is 4. The lowest BCUT2D eigenvalue weighted by Crippen LogP contribution is -2.44. The number of nitrogens with one attached hydrogen (secondary N) is 1. The number of alkyl halides is 2. The van der Waals surface area contributed by atoms with Crippen LogP contribution in [0.1, 0.15) is 42.9 Å². The average molecular weight is 401 g/mol. The lowest BCUT2D eigenvalue weighted by molar-refractivity contribution is -0.286. The highest BCUT2D eigenvalue weighted by Crippen LogP contribution is 2.52. The maximum absolute atomic E-state index is 13.3. The number of hydrogen-bond donors (Lipinski definition) is 1. The summed E-state index contributed by atoms with van der Waals surface area (Å²) in [5.74, 6) is -0.103. The third kappa shape index (κ3) is 3.44. The summed E-state index contributed by atoms with van der Waals surface area (Å²) < 4.78 is 41.5. The maximum Gasteiger partial charge on any atom is 0.586 e. The first kappa shape index (κ1) is 18.4. The van der Waals surface area contributed by atoms with Crippen LogP contribution in [-0.4, -0.2) is 24.9 Å². The summed E-state index contributed by atoms with van der Waals surface area (Å²) in [4.78, 5) is 13.1. The van der Waals surface area contributed by atoms with E-state index >= 15 is 0 Å². The van der Waals surface area contributed by atoms with Gasteiger partial charge in [0.15, 0.2) is 11.5 Å². The fraction of sp³-hybridized carbons (Fsp3) is 0.409. The minimum Gasteiger partial charge on any atom is -0.395 e. The van der Waals surface area contributed by atoms with Crippen molar-refractivity contribution in [2.45, 2.75) is 49.5 Å². The second-order valence-corrected chi connectivity index (χ2v) is 7.88. The first-order valence-electron chi connectivity index (χ1n) is 9.83. The predicted octanol–water partition coefficient (Wildman–Crippen LogP) is 4.08. The standard InChI is InChI=1S/C22H21F2NO4/c23-22(24)28-17-7-6-15(12-19(17)29-22)21(9-10-21)20(26)25-16-8-11-27-18(13-16)14-4-2-1-3-5-14/h1-7,12,16,18H,8-11,13H2,(H,25,26)/t16-,18+/m1/s1. The van der Waals surface area contributed by atoms with Crippen molar-refractivity contribution in [1.29, 1.82) is 0 Å². The molecule has 0 bridgehead atoms. The molecule has 1 N–H and O–H groups in total. The average Bonchev–Trinajstić information content (AvgIpc) is 3.46. The van der Waals surface area contributed by atoms with E-state index in [2.05, 4.69) is 14.8 Å². The molecular formula is C22H21F2NO4. The molecule has 1 saturated heterocycles. The first-order chi connectivity index (χ1) is 14.0. The van der Waals surface area contributed by atoms with Crippen molar-refractivity contribution in [3.05, 3.63) is 59.7 Å². The van der Waals surface area contributed by atoms with Gasteiger partial charge in [-0.3, -0.25) is 4.79 Å². The monoisotopic (exact) mass is 401 g/mol. The molecule has 1 aliphatic carbocycles. The van der Waals surface area contributed by atoms with Crippen molar-refractivity contribution in [2.75, 3.05) is 6.61 Å². The van der Waals surface area contributed by atoms with Gasteiger partial charge < -0.3 is 19.5 Å². The number of carbonyl (C=O) groups is 1. The third-order valence-corrected chi connectivity index (χ3v) is 5.93. The van der Waals surface area contributed by atoms with Gasteiger partial charge in [0, 0.05) is 12.6 Å². The molecule has 5 nitrogen and oxygen atoms in total. The molecule has 2 heterocycles. The Morgan fingerprint density at radius 1 is 1.03 bits per heavy atom. The van der Waals surface area contributed by atoms with Gasteiger partial charge in [0.25, 0.3) is 0 Å². The second-order valence-electron chi connectivity index (χ2n) is 7.88. The fourth-order valence-electron chi connectivity index (χ4n) is 4.17. The second kappa shape index (κ2) is 6.69. The molecule has 3 aliphatic rings. The van der Waals surface area contributed by atoms with Crippen LogP contribution in [0.3, 0.4) is 0 Å². The van der Waals surface area contributed by atoms with Gasteiger partial charge in [-0.25, -0.2) is 0 Å². The van der Waals surface area contributed by atoms with Gasteiger partial charge >= 0.3 is 6.29 Å². The molecule has 152 valence electrons. The molecule has 1 amide bonds. The number of amides is 1. The van der Waals surface area contributed by atoms with Gasteiger partial charge in [-0.05, 0) is 48.9 Å². The van der Waals surface area contributed by atoms with E-state index in [1.807, 2.05) is 30.3 Å². The van der Waals surface area contributed by atoms with Crippen molar-refractivity contribution in [3.63, 3.8) is 0 Å². The molecule has 2 fully saturated rings. The highest BCUT2D eigenvalue weighted by molar-refractivity contribution is 5.91. The van der Waals surface area contributed by atoms with Gasteiger partial charge in [-0.1, -0.05) is 36.4 Å². The summed E-state index contributed by atoms with van der Waals surface area (Å²) >= 11 is 0. The molecule has 0 spiro atoms. The zero-order chi connectivity index (χ0) is 20.1. The largest absolute Gasteiger partial charge is 0.586 e. The number of halogens is 2. The molecule has 29 heavy (non-hydrogen) atoms. The highest BCUT2D eigenvalue weighted by atomic mass is 19.3. The predicted molar refractivity (Wildman–Crippen MR) is 99.9 cm³/mol. The van der Waals surface area contributed by atoms with Gasteiger partial charge in [0.2, 0.25) is 5.91 Å². The molecule has 0 radical (unpaired) electrons. The minimum atomic E-state index is -3.66. The van der Waals surface area contributed by atoms with E-state index in [1.54, 1.807) is 6.07 Å². The summed E-state index contributed by atoms with van der Waals surface area (Å²) in [6.45, 7) is 0.580. The Morgan fingerprint density at radius 2 is 1.79 bits per heavy atom. The van der Waals surface area contributed by atoms with E-state index in [9.17, 15) is 13.6 Å². The third-order valence-electron chi connectivity index (χ3n) is 5.93. The Kier molecular flexibility index (Phi) is 4.24. The van der Waals surface area contributed by atoms with Crippen molar-refractivity contribution >= 4 is 5.91 Å². The summed E-state index contributed by atoms with van der Waals surface area (Å²) in [7, 11) is 0. The molecule has 7 heteroatoms. The molecule has 2 aromatic rings. The number of benzene rings is 2. The molecule has 5 rings (SSSR count). The van der Waals surface area contributed by atoms with Crippen molar-refractivity contribution in [1.82, 2.24) is 5.32 Å². The molecule has 2 aromatic carbocycles. The van der Waals surface area contributed by atoms with Crippen LogP contribution in [0, 0.1) is 0 Å². The smallest absolute Gasteiger partial charge is 0.395 e. The molecule has 2 aliphatic heterocycles. The number of rotatable bonds is 4. The Labute approximate surface area is 167 Å². The van der Waals surface area contributed by atoms with Crippen LogP contribution in [0.4, 0.5) is 8.78 Å². The normalized spacial score (nSPS) is 26.0. The summed E-state index contributed by atoms with van der Waals surface area (Å²) in [5, 5.41) is 3.16. The Morgan fingerprint density at radius 3 is 2.55 bits per heavy atom. The quantitative estimate of drug-likeness (QED) is 0.839. The molecule has 2 atom stereocenters. The summed E-state index contributed by atoms with van der Waals surface area (Å²) in [5.41, 5.74) is 1.10. The molecule has 0 aromatic heterocycles. The van der Waals surface area contributed by atoms with E-state index < -0.39 is 11.7 Å². The zero-order valence-corrected chi connectivity index (χ0v) is 15.7. The molecule has 1 saturated carbocycles. The fourth-order valence-corrected chi connectivity index (χ4v) is 4.17. The van der Waals surface area contributed by atoms with Crippen LogP contribution in [0.15, 0.2) is 48.5 Å². The van der Waals surface area contributed by atoms with Gasteiger partial charge in [0.05, 0.1) is 11.5 Å². The molecule has 0 unspecified atom stereocenters. The minimum absolute atomic E-state index is 0.00918.